The number of carboxylic acids is 1. The Bertz CT molecular complexity index is 371. The third kappa shape index (κ3) is 2.47. The molecule has 0 amide bonds. The highest BCUT2D eigenvalue weighted by Crippen LogP contribution is 2.28. The summed E-state index contributed by atoms with van der Waals surface area (Å²) in [6.45, 7) is 3.90. The number of aliphatic hydroxyl groups is 1. The van der Waals surface area contributed by atoms with E-state index in [-0.39, 0.29) is 17.2 Å². The largest absolute Gasteiger partial charge is 0.508 e. The summed E-state index contributed by atoms with van der Waals surface area (Å²) in [5, 5.41) is 27.4. The van der Waals surface area contributed by atoms with Crippen LogP contribution in [0.15, 0.2) is 18.2 Å². The number of phenolic OH excluding ortho intramolecular Hbond substituents is 1. The highest BCUT2D eigenvalue weighted by Gasteiger charge is 2.20. The monoisotopic (exact) mass is 210 g/mol. The lowest BCUT2D eigenvalue weighted by Gasteiger charge is -2.12. The normalized spacial score (nSPS) is 12.8. The summed E-state index contributed by atoms with van der Waals surface area (Å²) in [5.41, 5.74) is 0.914. The summed E-state index contributed by atoms with van der Waals surface area (Å²) in [4.78, 5) is 10.6. The van der Waals surface area contributed by atoms with Gasteiger partial charge in [0, 0.05) is 5.56 Å². The van der Waals surface area contributed by atoms with Gasteiger partial charge in [0.05, 0.1) is 0 Å². The Morgan fingerprint density at radius 3 is 2.40 bits per heavy atom. The maximum Gasteiger partial charge on any atom is 0.337 e. The van der Waals surface area contributed by atoms with Crippen LogP contribution in [-0.2, 0) is 4.79 Å². The van der Waals surface area contributed by atoms with Crippen molar-refractivity contribution in [2.45, 2.75) is 25.9 Å². The molecule has 0 radical (unpaired) electrons. The van der Waals surface area contributed by atoms with Crippen molar-refractivity contribution in [2.75, 3.05) is 0 Å². The summed E-state index contributed by atoms with van der Waals surface area (Å²) in [6, 6.07) is 4.62. The third-order valence-corrected chi connectivity index (χ3v) is 2.25. The Kier molecular flexibility index (Phi) is 3.31. The van der Waals surface area contributed by atoms with Gasteiger partial charge in [0.2, 0.25) is 0 Å². The molecule has 1 atom stereocenters. The fourth-order valence-electron chi connectivity index (χ4n) is 1.28. The molecular formula is C11H14O4. The molecule has 1 aromatic rings. The van der Waals surface area contributed by atoms with Gasteiger partial charge in [-0.2, -0.15) is 0 Å². The van der Waals surface area contributed by atoms with Gasteiger partial charge in [-0.3, -0.25) is 0 Å². The first kappa shape index (κ1) is 11.5. The van der Waals surface area contributed by atoms with Gasteiger partial charge in [0.25, 0.3) is 0 Å². The molecule has 0 spiro atoms. The average Bonchev–Trinajstić information content (AvgIpc) is 2.16. The van der Waals surface area contributed by atoms with E-state index >= 15 is 0 Å². The number of hydrogen-bond acceptors (Lipinski definition) is 3. The quantitative estimate of drug-likeness (QED) is 0.708. The fraction of sp³-hybridized carbons (Fsp3) is 0.364. The molecule has 4 nitrogen and oxygen atoms in total. The lowest BCUT2D eigenvalue weighted by Crippen LogP contribution is -2.11. The fourth-order valence-corrected chi connectivity index (χ4v) is 1.28. The SMILES string of the molecule is CC(C)c1ccc(O)c(C(O)C(=O)O)c1. The van der Waals surface area contributed by atoms with Gasteiger partial charge in [-0.25, -0.2) is 4.79 Å². The minimum absolute atomic E-state index is 0.0358. The van der Waals surface area contributed by atoms with Crippen LogP contribution in [0.25, 0.3) is 0 Å². The first-order valence-corrected chi connectivity index (χ1v) is 4.67. The highest BCUT2D eigenvalue weighted by molar-refractivity contribution is 5.75. The Labute approximate surface area is 87.8 Å². The molecule has 0 aromatic heterocycles. The molecule has 0 aliphatic rings. The van der Waals surface area contributed by atoms with Crippen molar-refractivity contribution in [3.8, 4) is 5.75 Å². The number of aromatic hydroxyl groups is 1. The van der Waals surface area contributed by atoms with E-state index in [9.17, 15) is 15.0 Å². The number of benzene rings is 1. The summed E-state index contributed by atoms with van der Waals surface area (Å²) in [6.07, 6.45) is -1.68. The van der Waals surface area contributed by atoms with E-state index in [0.717, 1.165) is 5.56 Å². The van der Waals surface area contributed by atoms with Crippen LogP contribution in [0.4, 0.5) is 0 Å². The van der Waals surface area contributed by atoms with Crippen LogP contribution < -0.4 is 0 Å². The van der Waals surface area contributed by atoms with Gasteiger partial charge in [-0.05, 0) is 23.6 Å². The summed E-state index contributed by atoms with van der Waals surface area (Å²) < 4.78 is 0. The molecule has 3 N–H and O–H groups in total. The number of hydrogen-bond donors (Lipinski definition) is 3. The molecular weight excluding hydrogens is 196 g/mol. The third-order valence-electron chi connectivity index (χ3n) is 2.25. The van der Waals surface area contributed by atoms with Crippen LogP contribution in [0, 0.1) is 0 Å². The topological polar surface area (TPSA) is 77.8 Å². The van der Waals surface area contributed by atoms with E-state index in [2.05, 4.69) is 0 Å². The van der Waals surface area contributed by atoms with Gasteiger partial charge in [-0.15, -0.1) is 0 Å². The van der Waals surface area contributed by atoms with E-state index in [0.29, 0.717) is 0 Å². The van der Waals surface area contributed by atoms with E-state index in [1.165, 1.54) is 12.1 Å². The Hall–Kier alpha value is -1.55. The van der Waals surface area contributed by atoms with Gasteiger partial charge in [0.1, 0.15) is 5.75 Å². The van der Waals surface area contributed by atoms with Gasteiger partial charge < -0.3 is 15.3 Å². The number of carbonyl (C=O) groups is 1. The number of aliphatic carboxylic acids is 1. The van der Waals surface area contributed by atoms with Crippen molar-refractivity contribution in [1.29, 1.82) is 0 Å². The number of phenols is 1. The van der Waals surface area contributed by atoms with Crippen LogP contribution in [0.1, 0.15) is 37.0 Å². The molecule has 0 saturated carbocycles. The number of rotatable bonds is 3. The predicted octanol–water partition coefficient (Wildman–Crippen LogP) is 1.63. The van der Waals surface area contributed by atoms with E-state index in [4.69, 9.17) is 5.11 Å². The van der Waals surface area contributed by atoms with Crippen molar-refractivity contribution in [1.82, 2.24) is 0 Å². The van der Waals surface area contributed by atoms with Gasteiger partial charge in [-0.1, -0.05) is 19.9 Å². The van der Waals surface area contributed by atoms with Crippen LogP contribution >= 0.6 is 0 Å². The van der Waals surface area contributed by atoms with Crippen LogP contribution in [0.5, 0.6) is 5.75 Å². The van der Waals surface area contributed by atoms with Crippen molar-refractivity contribution in [2.24, 2.45) is 0 Å². The Morgan fingerprint density at radius 1 is 1.33 bits per heavy atom. The standard InChI is InChI=1S/C11H14O4/c1-6(2)7-3-4-9(12)8(5-7)10(13)11(14)15/h3-6,10,12-13H,1-2H3,(H,14,15). The zero-order valence-corrected chi connectivity index (χ0v) is 8.64. The molecule has 0 bridgehead atoms. The number of aliphatic hydroxyl groups excluding tert-OH is 1. The molecule has 1 unspecified atom stereocenters. The predicted molar refractivity (Wildman–Crippen MR) is 54.8 cm³/mol. The summed E-state index contributed by atoms with van der Waals surface area (Å²) >= 11 is 0. The Balaban J connectivity index is 3.16. The molecule has 1 aromatic carbocycles. The van der Waals surface area contributed by atoms with Crippen LogP contribution in [0.2, 0.25) is 0 Å². The molecule has 0 fully saturated rings. The average molecular weight is 210 g/mol. The lowest BCUT2D eigenvalue weighted by molar-refractivity contribution is -0.147. The number of carboxylic acid groups (broad SMARTS) is 1. The van der Waals surface area contributed by atoms with Crippen molar-refractivity contribution < 1.29 is 20.1 Å². The lowest BCUT2D eigenvalue weighted by atomic mass is 9.98. The minimum atomic E-state index is -1.68. The van der Waals surface area contributed by atoms with Gasteiger partial charge in [0.15, 0.2) is 6.10 Å². The zero-order chi connectivity index (χ0) is 11.6. The molecule has 4 heteroatoms. The van der Waals surface area contributed by atoms with Crippen molar-refractivity contribution in [3.05, 3.63) is 29.3 Å². The van der Waals surface area contributed by atoms with E-state index < -0.39 is 12.1 Å². The minimum Gasteiger partial charge on any atom is -0.508 e. The van der Waals surface area contributed by atoms with Crippen LogP contribution in [-0.4, -0.2) is 21.3 Å². The maximum atomic E-state index is 10.6. The van der Waals surface area contributed by atoms with Crippen LogP contribution in [0.3, 0.4) is 0 Å². The second kappa shape index (κ2) is 4.31. The second-order valence-electron chi connectivity index (χ2n) is 3.71. The molecule has 82 valence electrons. The molecule has 0 saturated heterocycles. The Morgan fingerprint density at radius 2 is 1.93 bits per heavy atom. The van der Waals surface area contributed by atoms with Crippen molar-refractivity contribution in [3.63, 3.8) is 0 Å². The first-order valence-electron chi connectivity index (χ1n) is 4.67. The van der Waals surface area contributed by atoms with Gasteiger partial charge >= 0.3 is 5.97 Å². The summed E-state index contributed by atoms with van der Waals surface area (Å²) in [7, 11) is 0. The maximum absolute atomic E-state index is 10.6. The highest BCUT2D eigenvalue weighted by atomic mass is 16.4. The van der Waals surface area contributed by atoms with E-state index in [1.807, 2.05) is 13.8 Å². The molecule has 0 aliphatic carbocycles. The zero-order valence-electron chi connectivity index (χ0n) is 8.64. The first-order chi connectivity index (χ1) is 6.93. The van der Waals surface area contributed by atoms with Crippen molar-refractivity contribution >= 4 is 5.97 Å². The van der Waals surface area contributed by atoms with E-state index in [1.54, 1.807) is 6.07 Å². The molecule has 15 heavy (non-hydrogen) atoms. The second-order valence-corrected chi connectivity index (χ2v) is 3.71. The molecule has 1 rings (SSSR count). The summed E-state index contributed by atoms with van der Waals surface area (Å²) in [5.74, 6) is -1.36. The smallest absolute Gasteiger partial charge is 0.337 e. The molecule has 0 heterocycles. The molecule has 0 aliphatic heterocycles.